The SMILES string of the molecule is O=c1c2c(nc(N3CCOCC3)n1S(=O)(=O)c1ccccc1)CCCC2. The van der Waals surface area contributed by atoms with E-state index in [0.717, 1.165) is 22.5 Å². The molecule has 0 N–H and O–H groups in total. The van der Waals surface area contributed by atoms with E-state index in [0.29, 0.717) is 44.7 Å². The number of hydrogen-bond acceptors (Lipinski definition) is 6. The third kappa shape index (κ3) is 2.93. The highest BCUT2D eigenvalue weighted by Gasteiger charge is 2.30. The van der Waals surface area contributed by atoms with Crippen molar-refractivity contribution in [3.63, 3.8) is 0 Å². The van der Waals surface area contributed by atoms with E-state index in [4.69, 9.17) is 4.74 Å². The van der Waals surface area contributed by atoms with Gasteiger partial charge in [0, 0.05) is 18.7 Å². The van der Waals surface area contributed by atoms with Gasteiger partial charge in [0.25, 0.3) is 15.6 Å². The zero-order valence-electron chi connectivity index (χ0n) is 14.4. The third-order valence-corrected chi connectivity index (χ3v) is 6.55. The summed E-state index contributed by atoms with van der Waals surface area (Å²) in [5, 5.41) is 0. The lowest BCUT2D eigenvalue weighted by atomic mass is 9.97. The molecular weight excluding hydrogens is 354 g/mol. The fourth-order valence-electron chi connectivity index (χ4n) is 3.50. The predicted octanol–water partition coefficient (Wildman–Crippen LogP) is 1.20. The minimum absolute atomic E-state index is 0.0918. The molecule has 4 rings (SSSR count). The Labute approximate surface area is 152 Å². The molecule has 2 heterocycles. The van der Waals surface area contributed by atoms with Crippen molar-refractivity contribution in [1.82, 2.24) is 8.96 Å². The lowest BCUT2D eigenvalue weighted by Gasteiger charge is -2.30. The van der Waals surface area contributed by atoms with Gasteiger partial charge in [-0.05, 0) is 37.8 Å². The lowest BCUT2D eigenvalue weighted by molar-refractivity contribution is 0.122. The first-order valence-corrected chi connectivity index (χ1v) is 10.3. The van der Waals surface area contributed by atoms with E-state index in [-0.39, 0.29) is 10.8 Å². The second-order valence-corrected chi connectivity index (χ2v) is 8.32. The standard InChI is InChI=1S/C18H21N3O4S/c22-17-15-8-4-5-9-16(15)19-18(20-10-12-25-13-11-20)21(17)26(23,24)14-6-2-1-3-7-14/h1-3,6-7H,4-5,8-13H2. The highest BCUT2D eigenvalue weighted by Crippen LogP contribution is 2.24. The van der Waals surface area contributed by atoms with Crippen LogP contribution < -0.4 is 10.5 Å². The smallest absolute Gasteiger partial charge is 0.273 e. The Morgan fingerprint density at radius 1 is 1.00 bits per heavy atom. The van der Waals surface area contributed by atoms with Crippen LogP contribution in [0.2, 0.25) is 0 Å². The maximum Gasteiger partial charge on any atom is 0.273 e. The molecule has 0 saturated carbocycles. The normalized spacial score (nSPS) is 17.8. The molecule has 7 nitrogen and oxygen atoms in total. The van der Waals surface area contributed by atoms with Crippen LogP contribution in [0.5, 0.6) is 0 Å². The maximum atomic E-state index is 13.3. The third-order valence-electron chi connectivity index (χ3n) is 4.87. The first-order valence-electron chi connectivity index (χ1n) is 8.87. The topological polar surface area (TPSA) is 81.5 Å². The van der Waals surface area contributed by atoms with Gasteiger partial charge < -0.3 is 9.64 Å². The zero-order valence-corrected chi connectivity index (χ0v) is 15.2. The van der Waals surface area contributed by atoms with E-state index in [1.54, 1.807) is 18.2 Å². The summed E-state index contributed by atoms with van der Waals surface area (Å²) in [5.74, 6) is 0.211. The molecule has 8 heteroatoms. The van der Waals surface area contributed by atoms with Crippen molar-refractivity contribution >= 4 is 16.0 Å². The lowest BCUT2D eigenvalue weighted by Crippen LogP contribution is -2.43. The summed E-state index contributed by atoms with van der Waals surface area (Å²) in [6, 6.07) is 8.06. The Bertz CT molecular complexity index is 964. The Balaban J connectivity index is 1.96. The summed E-state index contributed by atoms with van der Waals surface area (Å²) < 4.78 is 32.8. The van der Waals surface area contributed by atoms with Crippen LogP contribution in [0, 0.1) is 0 Å². The van der Waals surface area contributed by atoms with Gasteiger partial charge in [0.05, 0.1) is 23.8 Å². The number of hydrogen-bond donors (Lipinski definition) is 0. The van der Waals surface area contributed by atoms with Crippen LogP contribution >= 0.6 is 0 Å². The van der Waals surface area contributed by atoms with E-state index in [1.807, 2.05) is 4.90 Å². The van der Waals surface area contributed by atoms with E-state index in [9.17, 15) is 13.2 Å². The first kappa shape index (κ1) is 17.2. The Kier molecular flexibility index (Phi) is 4.54. The predicted molar refractivity (Wildman–Crippen MR) is 97.2 cm³/mol. The molecule has 0 radical (unpaired) electrons. The number of aromatic nitrogens is 2. The fraction of sp³-hybridized carbons (Fsp3) is 0.444. The average Bonchev–Trinajstić information content (AvgIpc) is 2.69. The van der Waals surface area contributed by atoms with Crippen LogP contribution in [0.25, 0.3) is 0 Å². The number of benzene rings is 1. The number of nitrogens with zero attached hydrogens (tertiary/aromatic N) is 3. The molecule has 1 aromatic carbocycles. The Morgan fingerprint density at radius 3 is 2.42 bits per heavy atom. The molecule has 2 aromatic rings. The van der Waals surface area contributed by atoms with Gasteiger partial charge in [-0.3, -0.25) is 4.79 Å². The van der Waals surface area contributed by atoms with Crippen molar-refractivity contribution in [1.29, 1.82) is 0 Å². The van der Waals surface area contributed by atoms with Crippen molar-refractivity contribution in [2.24, 2.45) is 0 Å². The van der Waals surface area contributed by atoms with Crippen LogP contribution in [-0.4, -0.2) is 43.7 Å². The monoisotopic (exact) mass is 375 g/mol. The summed E-state index contributed by atoms with van der Waals surface area (Å²) in [7, 11) is -4.02. The molecule has 0 atom stereocenters. The zero-order chi connectivity index (χ0) is 18.1. The largest absolute Gasteiger partial charge is 0.378 e. The van der Waals surface area contributed by atoms with Gasteiger partial charge in [-0.15, -0.1) is 0 Å². The van der Waals surface area contributed by atoms with Crippen molar-refractivity contribution in [2.75, 3.05) is 31.2 Å². The Morgan fingerprint density at radius 2 is 1.69 bits per heavy atom. The average molecular weight is 375 g/mol. The highest BCUT2D eigenvalue weighted by molar-refractivity contribution is 7.90. The molecular formula is C18H21N3O4S. The number of ether oxygens (including phenoxy) is 1. The van der Waals surface area contributed by atoms with E-state index < -0.39 is 15.6 Å². The molecule has 0 bridgehead atoms. The molecule has 0 unspecified atom stereocenters. The summed E-state index contributed by atoms with van der Waals surface area (Å²) in [5.41, 5.74) is 0.815. The van der Waals surface area contributed by atoms with Gasteiger partial charge in [0.1, 0.15) is 0 Å². The number of morpholine rings is 1. The summed E-state index contributed by atoms with van der Waals surface area (Å²) in [6.07, 6.45) is 3.15. The minimum Gasteiger partial charge on any atom is -0.378 e. The molecule has 2 aliphatic rings. The highest BCUT2D eigenvalue weighted by atomic mass is 32.2. The van der Waals surface area contributed by atoms with Gasteiger partial charge in [0.15, 0.2) is 0 Å². The number of rotatable bonds is 3. The van der Waals surface area contributed by atoms with Crippen LogP contribution in [0.4, 0.5) is 5.95 Å². The van der Waals surface area contributed by atoms with Crippen molar-refractivity contribution in [3.8, 4) is 0 Å². The number of aryl methyl sites for hydroxylation is 1. The van der Waals surface area contributed by atoms with Crippen LogP contribution in [0.1, 0.15) is 24.1 Å². The van der Waals surface area contributed by atoms with Crippen molar-refractivity contribution in [3.05, 3.63) is 51.9 Å². The first-order chi connectivity index (χ1) is 12.6. The summed E-state index contributed by atoms with van der Waals surface area (Å²) in [6.45, 7) is 1.99. The molecule has 1 saturated heterocycles. The molecule has 1 aliphatic carbocycles. The minimum atomic E-state index is -4.02. The van der Waals surface area contributed by atoms with Crippen molar-refractivity contribution < 1.29 is 13.2 Å². The van der Waals surface area contributed by atoms with Crippen LogP contribution in [0.15, 0.2) is 40.0 Å². The summed E-state index contributed by atoms with van der Waals surface area (Å²) >= 11 is 0. The second kappa shape index (κ2) is 6.85. The molecule has 0 amide bonds. The van der Waals surface area contributed by atoms with Gasteiger partial charge in [-0.2, -0.15) is 3.97 Å². The molecule has 138 valence electrons. The summed E-state index contributed by atoms with van der Waals surface area (Å²) in [4.78, 5) is 19.8. The molecule has 0 spiro atoms. The van der Waals surface area contributed by atoms with E-state index in [1.165, 1.54) is 12.1 Å². The maximum absolute atomic E-state index is 13.3. The quantitative estimate of drug-likeness (QED) is 0.802. The van der Waals surface area contributed by atoms with Crippen LogP contribution in [-0.2, 0) is 27.6 Å². The van der Waals surface area contributed by atoms with E-state index >= 15 is 0 Å². The van der Waals surface area contributed by atoms with Gasteiger partial charge >= 0.3 is 0 Å². The fourth-order valence-corrected chi connectivity index (χ4v) is 4.91. The molecule has 26 heavy (non-hydrogen) atoms. The Hall–Kier alpha value is -2.19. The van der Waals surface area contributed by atoms with Crippen molar-refractivity contribution in [2.45, 2.75) is 30.6 Å². The number of fused-ring (bicyclic) bond motifs is 1. The van der Waals surface area contributed by atoms with Gasteiger partial charge in [-0.1, -0.05) is 18.2 Å². The second-order valence-electron chi connectivity index (χ2n) is 6.53. The molecule has 1 aliphatic heterocycles. The molecule has 1 fully saturated rings. The van der Waals surface area contributed by atoms with E-state index in [2.05, 4.69) is 4.98 Å². The van der Waals surface area contributed by atoms with Crippen LogP contribution in [0.3, 0.4) is 0 Å². The van der Waals surface area contributed by atoms with Gasteiger partial charge in [-0.25, -0.2) is 13.4 Å². The number of anilines is 1. The van der Waals surface area contributed by atoms with Gasteiger partial charge in [0.2, 0.25) is 5.95 Å². The molecule has 1 aromatic heterocycles.